The summed E-state index contributed by atoms with van der Waals surface area (Å²) in [5.74, 6) is 0.434. The molecule has 3 atom stereocenters. The van der Waals surface area contributed by atoms with Crippen LogP contribution in [-0.4, -0.2) is 52.6 Å². The molecule has 1 aromatic heterocycles. The number of nitrogens with one attached hydrogen (secondary N) is 1. The van der Waals surface area contributed by atoms with Crippen LogP contribution in [0.4, 0.5) is 4.79 Å². The second kappa shape index (κ2) is 8.44. The zero-order valence-corrected chi connectivity index (χ0v) is 20.1. The maximum atomic E-state index is 13.2. The third-order valence-electron chi connectivity index (χ3n) is 7.66. The van der Waals surface area contributed by atoms with Gasteiger partial charge in [-0.3, -0.25) is 0 Å². The molecule has 9 nitrogen and oxygen atoms in total. The molecule has 2 aliphatic carbocycles. The lowest BCUT2D eigenvalue weighted by Gasteiger charge is -2.26. The molecule has 1 unspecified atom stereocenters. The first-order chi connectivity index (χ1) is 16.9. The number of hydrogen-bond donors (Lipinski definition) is 1. The number of amides is 1. The minimum Gasteiger partial charge on any atom is -0.447 e. The van der Waals surface area contributed by atoms with Crippen molar-refractivity contribution in [3.05, 3.63) is 65.2 Å². The number of alkyl carbamates (subject to hydrolysis) is 1. The third-order valence-corrected chi connectivity index (χ3v) is 9.38. The van der Waals surface area contributed by atoms with Gasteiger partial charge in [-0.1, -0.05) is 41.5 Å². The molecule has 6 rings (SSSR count). The molecule has 1 aliphatic heterocycles. The molecule has 1 spiro atoms. The zero-order valence-electron chi connectivity index (χ0n) is 19.3. The summed E-state index contributed by atoms with van der Waals surface area (Å²) in [4.78, 5) is 11.5. The highest BCUT2D eigenvalue weighted by atomic mass is 32.2. The van der Waals surface area contributed by atoms with Crippen LogP contribution in [0.3, 0.4) is 0 Å². The normalized spacial score (nSPS) is 25.9. The quantitative estimate of drug-likeness (QED) is 0.581. The summed E-state index contributed by atoms with van der Waals surface area (Å²) in [7, 11) is -3.66. The van der Waals surface area contributed by atoms with Crippen LogP contribution < -0.4 is 5.32 Å². The van der Waals surface area contributed by atoms with Crippen LogP contribution in [-0.2, 0) is 27.4 Å². The zero-order chi connectivity index (χ0) is 24.0. The summed E-state index contributed by atoms with van der Waals surface area (Å²) in [5, 5.41) is 14.3. The van der Waals surface area contributed by atoms with E-state index in [4.69, 9.17) is 4.74 Å². The van der Waals surface area contributed by atoms with Gasteiger partial charge in [0.15, 0.2) is 0 Å². The number of aryl methyl sites for hydroxylation is 1. The van der Waals surface area contributed by atoms with E-state index in [0.717, 1.165) is 38.5 Å². The van der Waals surface area contributed by atoms with E-state index in [0.29, 0.717) is 18.2 Å². The maximum Gasteiger partial charge on any atom is 0.407 e. The standard InChI is InChI=1S/C25H27N5O4S/c31-24-26-25(16-34-24)11-10-21(14-25)20-9-8-18-12-17(6-7-19(18)13-20)15-35(32,33)23-27-28-29-30(23)22-4-2-1-3-5-22/h1-5,8-9,13,17,21H,6-7,10-12,14-16H2,(H,26,31)/t17-,21+,25?/m1/s1. The van der Waals surface area contributed by atoms with Crippen LogP contribution in [0.15, 0.2) is 53.7 Å². The molecule has 35 heavy (non-hydrogen) atoms. The largest absolute Gasteiger partial charge is 0.447 e. The highest BCUT2D eigenvalue weighted by molar-refractivity contribution is 7.91. The lowest BCUT2D eigenvalue weighted by Crippen LogP contribution is -2.40. The number of nitrogens with zero attached hydrogens (tertiary/aromatic N) is 4. The molecule has 3 aliphatic rings. The van der Waals surface area contributed by atoms with Crippen LogP contribution in [0.1, 0.15) is 48.3 Å². The monoisotopic (exact) mass is 493 g/mol. The van der Waals surface area contributed by atoms with Gasteiger partial charge in [0.05, 0.1) is 17.0 Å². The number of para-hydroxylation sites is 1. The number of tetrazole rings is 1. The highest BCUT2D eigenvalue weighted by Gasteiger charge is 2.46. The van der Waals surface area contributed by atoms with Crippen LogP contribution in [0.5, 0.6) is 0 Å². The Kier molecular flexibility index (Phi) is 5.36. The summed E-state index contributed by atoms with van der Waals surface area (Å²) >= 11 is 0. The number of fused-ring (bicyclic) bond motifs is 1. The molecule has 2 heterocycles. The molecular formula is C25H27N5O4S. The predicted octanol–water partition coefficient (Wildman–Crippen LogP) is 2.99. The number of cyclic esters (lactones) is 1. The van der Waals surface area contributed by atoms with Crippen LogP contribution in [0, 0.1) is 5.92 Å². The maximum absolute atomic E-state index is 13.2. The first-order valence-electron chi connectivity index (χ1n) is 12.0. The van der Waals surface area contributed by atoms with Gasteiger partial charge in [-0.25, -0.2) is 13.2 Å². The Labute approximate surface area is 203 Å². The first-order valence-corrected chi connectivity index (χ1v) is 13.7. The molecule has 2 fully saturated rings. The first kappa shape index (κ1) is 22.2. The van der Waals surface area contributed by atoms with Crippen molar-refractivity contribution in [1.29, 1.82) is 0 Å². The summed E-state index contributed by atoms with van der Waals surface area (Å²) in [6, 6.07) is 15.7. The van der Waals surface area contributed by atoms with Gasteiger partial charge in [0.1, 0.15) is 6.61 Å². The molecule has 3 aromatic rings. The lowest BCUT2D eigenvalue weighted by atomic mass is 9.82. The van der Waals surface area contributed by atoms with Crippen molar-refractivity contribution in [2.75, 3.05) is 12.4 Å². The van der Waals surface area contributed by atoms with Gasteiger partial charge in [-0.2, -0.15) is 4.68 Å². The van der Waals surface area contributed by atoms with Gasteiger partial charge >= 0.3 is 6.09 Å². The minimum atomic E-state index is -3.66. The van der Waals surface area contributed by atoms with E-state index in [1.807, 2.05) is 18.2 Å². The molecule has 1 amide bonds. The van der Waals surface area contributed by atoms with E-state index in [1.165, 1.54) is 21.4 Å². The summed E-state index contributed by atoms with van der Waals surface area (Å²) in [6.45, 7) is 0.455. The van der Waals surface area contributed by atoms with E-state index in [9.17, 15) is 13.2 Å². The van der Waals surface area contributed by atoms with E-state index < -0.39 is 9.84 Å². The number of hydrogen-bond acceptors (Lipinski definition) is 7. The Morgan fingerprint density at radius 3 is 2.77 bits per heavy atom. The Morgan fingerprint density at radius 2 is 1.97 bits per heavy atom. The number of rotatable bonds is 5. The minimum absolute atomic E-state index is 0.0138. The van der Waals surface area contributed by atoms with Crippen LogP contribution in [0.25, 0.3) is 5.69 Å². The average Bonchev–Trinajstić information content (AvgIpc) is 3.60. The van der Waals surface area contributed by atoms with Crippen molar-refractivity contribution < 1.29 is 17.9 Å². The number of sulfone groups is 1. The fourth-order valence-electron chi connectivity index (χ4n) is 5.88. The second-order valence-electron chi connectivity index (χ2n) is 10.0. The fourth-order valence-corrected chi connectivity index (χ4v) is 7.50. The second-order valence-corrected chi connectivity index (χ2v) is 12.0. The topological polar surface area (TPSA) is 116 Å². The van der Waals surface area contributed by atoms with E-state index in [2.05, 4.69) is 39.0 Å². The molecule has 1 N–H and O–H groups in total. The van der Waals surface area contributed by atoms with Crippen molar-refractivity contribution in [3.63, 3.8) is 0 Å². The number of ether oxygens (including phenoxy) is 1. The molecular weight excluding hydrogens is 466 g/mol. The van der Waals surface area contributed by atoms with Crippen molar-refractivity contribution in [2.45, 2.75) is 55.1 Å². The van der Waals surface area contributed by atoms with Gasteiger partial charge in [0.25, 0.3) is 5.16 Å². The van der Waals surface area contributed by atoms with Gasteiger partial charge in [0, 0.05) is 0 Å². The van der Waals surface area contributed by atoms with Crippen molar-refractivity contribution >= 4 is 15.9 Å². The van der Waals surface area contributed by atoms with E-state index in [1.54, 1.807) is 12.1 Å². The van der Waals surface area contributed by atoms with Gasteiger partial charge < -0.3 is 10.1 Å². The van der Waals surface area contributed by atoms with Gasteiger partial charge in [-0.05, 0) is 89.6 Å². The Morgan fingerprint density at radius 1 is 1.11 bits per heavy atom. The molecule has 0 bridgehead atoms. The number of aromatic nitrogens is 4. The lowest BCUT2D eigenvalue weighted by molar-refractivity contribution is 0.172. The molecule has 2 aromatic carbocycles. The van der Waals surface area contributed by atoms with E-state index in [-0.39, 0.29) is 28.5 Å². The van der Waals surface area contributed by atoms with Crippen molar-refractivity contribution in [2.24, 2.45) is 5.92 Å². The van der Waals surface area contributed by atoms with Gasteiger partial charge in [0.2, 0.25) is 9.84 Å². The Balaban J connectivity index is 1.15. The van der Waals surface area contributed by atoms with E-state index >= 15 is 0 Å². The average molecular weight is 494 g/mol. The smallest absolute Gasteiger partial charge is 0.407 e. The Hall–Kier alpha value is -3.27. The van der Waals surface area contributed by atoms with Crippen molar-refractivity contribution in [1.82, 2.24) is 25.5 Å². The van der Waals surface area contributed by atoms with Crippen LogP contribution in [0.2, 0.25) is 0 Å². The Bertz CT molecular complexity index is 1370. The van der Waals surface area contributed by atoms with Crippen molar-refractivity contribution in [3.8, 4) is 5.69 Å². The molecule has 10 heteroatoms. The number of carbonyl (C=O) groups excluding carboxylic acids is 1. The summed E-state index contributed by atoms with van der Waals surface area (Å²) in [5.41, 5.74) is 4.22. The fraction of sp³-hybridized carbons (Fsp3) is 0.440. The van der Waals surface area contributed by atoms with Gasteiger partial charge in [-0.15, -0.1) is 0 Å². The SMILES string of the molecule is O=C1NC2(CC[C@H](c3ccc4c(c3)CC[C@@H](CS(=O)(=O)c3nnnn3-c3ccccc3)C4)C2)CO1. The highest BCUT2D eigenvalue weighted by Crippen LogP contribution is 2.43. The number of carbonyl (C=O) groups is 1. The molecule has 0 radical (unpaired) electrons. The van der Waals surface area contributed by atoms with Crippen LogP contribution >= 0.6 is 0 Å². The predicted molar refractivity (Wildman–Crippen MR) is 127 cm³/mol. The molecule has 182 valence electrons. The summed E-state index contributed by atoms with van der Waals surface area (Å²) < 4.78 is 32.9. The molecule has 1 saturated carbocycles. The number of benzene rings is 2. The molecule has 1 saturated heterocycles. The third kappa shape index (κ3) is 4.20. The summed E-state index contributed by atoms with van der Waals surface area (Å²) in [6.07, 6.45) is 4.93.